The third-order valence-electron chi connectivity index (χ3n) is 3.15. The zero-order chi connectivity index (χ0) is 15.0. The highest BCUT2D eigenvalue weighted by atomic mass is 32.2. The van der Waals surface area contributed by atoms with Gasteiger partial charge in [0.2, 0.25) is 0 Å². The van der Waals surface area contributed by atoms with Gasteiger partial charge < -0.3 is 4.40 Å². The second-order valence-electron chi connectivity index (χ2n) is 4.98. The molecule has 0 bridgehead atoms. The van der Waals surface area contributed by atoms with Crippen molar-refractivity contribution in [3.63, 3.8) is 0 Å². The lowest BCUT2D eigenvalue weighted by Crippen LogP contribution is -2.13. The average molecular weight is 301 g/mol. The number of nitrogens with zero attached hydrogens (tertiary/aromatic N) is 2. The van der Waals surface area contributed by atoms with Crippen LogP contribution in [0.4, 0.5) is 5.69 Å². The van der Waals surface area contributed by atoms with Gasteiger partial charge in [-0.2, -0.15) is 0 Å². The van der Waals surface area contributed by atoms with Crippen molar-refractivity contribution in [1.29, 1.82) is 0 Å². The molecule has 0 spiro atoms. The van der Waals surface area contributed by atoms with Gasteiger partial charge in [-0.25, -0.2) is 13.4 Å². The molecule has 3 rings (SSSR count). The molecule has 0 aliphatic carbocycles. The molecular weight excluding hydrogens is 286 g/mol. The first kappa shape index (κ1) is 13.6. The minimum Gasteiger partial charge on any atom is -0.305 e. The number of fused-ring (bicyclic) bond motifs is 1. The average Bonchev–Trinajstić information content (AvgIpc) is 2.78. The summed E-state index contributed by atoms with van der Waals surface area (Å²) in [7, 11) is -3.58. The van der Waals surface area contributed by atoms with Gasteiger partial charge in [0.15, 0.2) is 0 Å². The molecule has 0 saturated carbocycles. The van der Waals surface area contributed by atoms with Gasteiger partial charge in [-0.3, -0.25) is 4.72 Å². The van der Waals surface area contributed by atoms with Gasteiger partial charge in [0.05, 0.1) is 16.3 Å². The van der Waals surface area contributed by atoms with Gasteiger partial charge in [0, 0.05) is 12.4 Å². The van der Waals surface area contributed by atoms with Crippen LogP contribution in [0, 0.1) is 13.8 Å². The molecular formula is C15H15N3O2S. The molecule has 0 aliphatic rings. The van der Waals surface area contributed by atoms with Crippen molar-refractivity contribution in [1.82, 2.24) is 9.38 Å². The van der Waals surface area contributed by atoms with Crippen molar-refractivity contribution in [2.45, 2.75) is 18.7 Å². The standard InChI is InChI=1S/C15H15N3O2S/c1-11-3-6-14(7-4-11)21(19,20)17-13-5-8-15-16-12(2)9-18(15)10-13/h3-10,17H,1-2H3. The number of rotatable bonds is 3. The zero-order valence-corrected chi connectivity index (χ0v) is 12.6. The van der Waals surface area contributed by atoms with E-state index >= 15 is 0 Å². The molecule has 0 atom stereocenters. The monoisotopic (exact) mass is 301 g/mol. The molecule has 0 amide bonds. The molecule has 2 aromatic heterocycles. The Hall–Kier alpha value is -2.34. The first-order valence-corrected chi connectivity index (χ1v) is 7.97. The van der Waals surface area contributed by atoms with Crippen molar-refractivity contribution in [2.75, 3.05) is 4.72 Å². The van der Waals surface area contributed by atoms with Crippen LogP contribution < -0.4 is 4.72 Å². The fourth-order valence-corrected chi connectivity index (χ4v) is 3.15. The molecule has 21 heavy (non-hydrogen) atoms. The number of sulfonamides is 1. The minimum atomic E-state index is -3.58. The number of nitrogens with one attached hydrogen (secondary N) is 1. The van der Waals surface area contributed by atoms with Gasteiger partial charge in [-0.05, 0) is 38.1 Å². The SMILES string of the molecule is Cc1ccc(S(=O)(=O)Nc2ccc3nc(C)cn3c2)cc1. The van der Waals surface area contributed by atoms with E-state index in [1.807, 2.05) is 20.0 Å². The second kappa shape index (κ2) is 4.89. The fraction of sp³-hybridized carbons (Fsp3) is 0.133. The number of imidazole rings is 1. The lowest BCUT2D eigenvalue weighted by atomic mass is 10.2. The van der Waals surface area contributed by atoms with E-state index in [0.717, 1.165) is 16.9 Å². The summed E-state index contributed by atoms with van der Waals surface area (Å²) in [6, 6.07) is 10.2. The first-order chi connectivity index (χ1) is 9.94. The topological polar surface area (TPSA) is 63.5 Å². The molecule has 3 aromatic rings. The summed E-state index contributed by atoms with van der Waals surface area (Å²) >= 11 is 0. The minimum absolute atomic E-state index is 0.245. The van der Waals surface area contributed by atoms with Crippen molar-refractivity contribution in [2.24, 2.45) is 0 Å². The summed E-state index contributed by atoms with van der Waals surface area (Å²) in [5.74, 6) is 0. The van der Waals surface area contributed by atoms with Crippen LogP contribution in [0.25, 0.3) is 5.65 Å². The quantitative estimate of drug-likeness (QED) is 0.809. The maximum absolute atomic E-state index is 12.3. The van der Waals surface area contributed by atoms with Crippen LogP contribution in [0.3, 0.4) is 0 Å². The van der Waals surface area contributed by atoms with Crippen molar-refractivity contribution >= 4 is 21.4 Å². The van der Waals surface area contributed by atoms with Crippen LogP contribution in [0.1, 0.15) is 11.3 Å². The summed E-state index contributed by atoms with van der Waals surface area (Å²) < 4.78 is 29.0. The number of hydrogen-bond acceptors (Lipinski definition) is 3. The molecule has 2 heterocycles. The molecule has 0 radical (unpaired) electrons. The van der Waals surface area contributed by atoms with E-state index in [1.165, 1.54) is 0 Å². The molecule has 0 aliphatic heterocycles. The number of anilines is 1. The Labute approximate surface area is 123 Å². The van der Waals surface area contributed by atoms with Crippen LogP contribution in [0.2, 0.25) is 0 Å². The summed E-state index contributed by atoms with van der Waals surface area (Å²) in [5, 5.41) is 0. The molecule has 0 unspecified atom stereocenters. The van der Waals surface area contributed by atoms with E-state index in [0.29, 0.717) is 5.69 Å². The highest BCUT2D eigenvalue weighted by molar-refractivity contribution is 7.92. The van der Waals surface area contributed by atoms with Gasteiger partial charge in [0.1, 0.15) is 5.65 Å². The number of aryl methyl sites for hydroxylation is 2. The maximum Gasteiger partial charge on any atom is 0.261 e. The number of benzene rings is 1. The van der Waals surface area contributed by atoms with Gasteiger partial charge >= 0.3 is 0 Å². The van der Waals surface area contributed by atoms with Gasteiger partial charge in [-0.15, -0.1) is 0 Å². The Balaban J connectivity index is 1.94. The molecule has 1 aromatic carbocycles. The maximum atomic E-state index is 12.3. The van der Waals surface area contributed by atoms with Crippen LogP contribution in [-0.4, -0.2) is 17.8 Å². The first-order valence-electron chi connectivity index (χ1n) is 6.49. The third-order valence-corrected chi connectivity index (χ3v) is 4.55. The Morgan fingerprint density at radius 3 is 2.43 bits per heavy atom. The van der Waals surface area contributed by atoms with E-state index in [-0.39, 0.29) is 4.90 Å². The molecule has 5 nitrogen and oxygen atoms in total. The Kier molecular flexibility index (Phi) is 3.17. The van der Waals surface area contributed by atoms with Crippen molar-refractivity contribution < 1.29 is 8.42 Å². The lowest BCUT2D eigenvalue weighted by Gasteiger charge is -2.08. The largest absolute Gasteiger partial charge is 0.305 e. The van der Waals surface area contributed by atoms with Gasteiger partial charge in [0.25, 0.3) is 10.0 Å². The normalized spacial score (nSPS) is 11.7. The fourth-order valence-electron chi connectivity index (χ4n) is 2.11. The Morgan fingerprint density at radius 1 is 1.00 bits per heavy atom. The van der Waals surface area contributed by atoms with E-state index in [2.05, 4.69) is 9.71 Å². The smallest absolute Gasteiger partial charge is 0.261 e. The zero-order valence-electron chi connectivity index (χ0n) is 11.7. The Bertz CT molecular complexity index is 896. The molecule has 0 fully saturated rings. The second-order valence-corrected chi connectivity index (χ2v) is 6.67. The van der Waals surface area contributed by atoms with Crippen molar-refractivity contribution in [3.8, 4) is 0 Å². The highest BCUT2D eigenvalue weighted by Gasteiger charge is 2.14. The third kappa shape index (κ3) is 2.75. The summed E-state index contributed by atoms with van der Waals surface area (Å²) in [4.78, 5) is 4.55. The number of aromatic nitrogens is 2. The van der Waals surface area contributed by atoms with Crippen LogP contribution in [0.15, 0.2) is 53.7 Å². The summed E-state index contributed by atoms with van der Waals surface area (Å²) in [5.41, 5.74) is 3.18. The van der Waals surface area contributed by atoms with E-state index in [1.54, 1.807) is 47.0 Å². The van der Waals surface area contributed by atoms with Crippen molar-refractivity contribution in [3.05, 3.63) is 60.0 Å². The van der Waals surface area contributed by atoms with E-state index in [4.69, 9.17) is 0 Å². The summed E-state index contributed by atoms with van der Waals surface area (Å²) in [6.45, 7) is 3.81. The molecule has 0 saturated heterocycles. The van der Waals surface area contributed by atoms with Gasteiger partial charge in [-0.1, -0.05) is 17.7 Å². The highest BCUT2D eigenvalue weighted by Crippen LogP contribution is 2.17. The molecule has 1 N–H and O–H groups in total. The van der Waals surface area contributed by atoms with E-state index < -0.39 is 10.0 Å². The van der Waals surface area contributed by atoms with E-state index in [9.17, 15) is 8.42 Å². The van der Waals surface area contributed by atoms with Crippen LogP contribution >= 0.6 is 0 Å². The molecule has 6 heteroatoms. The predicted molar refractivity (Wildman–Crippen MR) is 81.9 cm³/mol. The lowest BCUT2D eigenvalue weighted by molar-refractivity contribution is 0.601. The van der Waals surface area contributed by atoms with Crippen LogP contribution in [-0.2, 0) is 10.0 Å². The summed E-state index contributed by atoms with van der Waals surface area (Å²) in [6.07, 6.45) is 3.56. The number of hydrogen-bond donors (Lipinski definition) is 1. The Morgan fingerprint density at radius 2 is 1.71 bits per heavy atom. The van der Waals surface area contributed by atoms with Crippen LogP contribution in [0.5, 0.6) is 0 Å². The number of pyridine rings is 1. The predicted octanol–water partition coefficient (Wildman–Crippen LogP) is 2.75. The molecule has 108 valence electrons.